The molecule has 0 aliphatic rings. The van der Waals surface area contributed by atoms with E-state index in [1.165, 1.54) is 6.07 Å². The van der Waals surface area contributed by atoms with Crippen molar-refractivity contribution in [1.29, 1.82) is 0 Å². The van der Waals surface area contributed by atoms with Gasteiger partial charge in [-0.2, -0.15) is 8.42 Å². The van der Waals surface area contributed by atoms with E-state index in [1.807, 2.05) is 0 Å². The predicted octanol–water partition coefficient (Wildman–Crippen LogP) is 0.374. The van der Waals surface area contributed by atoms with E-state index in [-0.39, 0.29) is 11.5 Å². The van der Waals surface area contributed by atoms with Crippen LogP contribution in [0.4, 0.5) is 5.95 Å². The summed E-state index contributed by atoms with van der Waals surface area (Å²) in [5, 5.41) is 14.5. The third-order valence-corrected chi connectivity index (χ3v) is 4.42. The van der Waals surface area contributed by atoms with E-state index < -0.39 is 21.9 Å². The van der Waals surface area contributed by atoms with E-state index in [4.69, 9.17) is 10.9 Å². The number of aromatic carboxylic acids is 1. The van der Waals surface area contributed by atoms with Crippen molar-refractivity contribution in [1.82, 2.24) is 13.5 Å². The third-order valence-electron chi connectivity index (χ3n) is 3.57. The number of hydrogen-bond acceptors (Lipinski definition) is 5. The number of carboxylic acid groups (broad SMARTS) is 1. The van der Waals surface area contributed by atoms with Crippen molar-refractivity contribution in [3.05, 3.63) is 36.2 Å². The molecular formula is C13H13N5O4S. The molecule has 120 valence electrons. The smallest absolute Gasteiger partial charge is 0.354 e. The van der Waals surface area contributed by atoms with Crippen LogP contribution in [-0.4, -0.2) is 33.0 Å². The van der Waals surface area contributed by atoms with Crippen LogP contribution in [0, 0.1) is 0 Å². The number of nitrogens with two attached hydrogens (primary N) is 2. The summed E-state index contributed by atoms with van der Waals surface area (Å²) in [7, 11) is -2.51. The van der Waals surface area contributed by atoms with Crippen molar-refractivity contribution in [2.24, 2.45) is 12.2 Å². The lowest BCUT2D eigenvalue weighted by Gasteiger charge is -2.06. The minimum atomic E-state index is -4.24. The number of fused-ring (bicyclic) bond motifs is 1. The molecule has 0 saturated carbocycles. The third kappa shape index (κ3) is 2.24. The largest absolute Gasteiger partial charge is 0.477 e. The molecule has 0 unspecified atom stereocenters. The molecule has 0 spiro atoms. The van der Waals surface area contributed by atoms with Crippen LogP contribution in [0.3, 0.4) is 0 Å². The van der Waals surface area contributed by atoms with Crippen molar-refractivity contribution in [3.63, 3.8) is 0 Å². The highest BCUT2D eigenvalue weighted by atomic mass is 32.2. The minimum Gasteiger partial charge on any atom is -0.477 e. The summed E-state index contributed by atoms with van der Waals surface area (Å²) >= 11 is 0. The number of hydrogen-bond donors (Lipinski definition) is 3. The maximum absolute atomic E-state index is 11.6. The number of carbonyl (C=O) groups is 1. The fourth-order valence-electron chi connectivity index (χ4n) is 2.50. The van der Waals surface area contributed by atoms with Gasteiger partial charge in [0, 0.05) is 24.4 Å². The molecule has 3 aromatic rings. The minimum absolute atomic E-state index is 0.190. The van der Waals surface area contributed by atoms with E-state index in [0.29, 0.717) is 20.6 Å². The Morgan fingerprint density at radius 3 is 2.57 bits per heavy atom. The van der Waals surface area contributed by atoms with E-state index in [2.05, 4.69) is 4.98 Å². The van der Waals surface area contributed by atoms with Gasteiger partial charge in [-0.15, -0.1) is 0 Å². The van der Waals surface area contributed by atoms with Gasteiger partial charge in [0.25, 0.3) is 0 Å². The van der Waals surface area contributed by atoms with Gasteiger partial charge < -0.3 is 15.4 Å². The first-order chi connectivity index (χ1) is 10.7. The molecule has 0 fully saturated rings. The van der Waals surface area contributed by atoms with Gasteiger partial charge in [0.1, 0.15) is 0 Å². The second-order valence-electron chi connectivity index (χ2n) is 4.93. The molecule has 3 rings (SSSR count). The van der Waals surface area contributed by atoms with E-state index in [1.54, 1.807) is 29.8 Å². The van der Waals surface area contributed by atoms with E-state index in [0.717, 1.165) is 6.20 Å². The summed E-state index contributed by atoms with van der Waals surface area (Å²) < 4.78 is 25.3. The Balaban J connectivity index is 2.39. The molecule has 9 nitrogen and oxygen atoms in total. The average Bonchev–Trinajstić information content (AvgIpc) is 3.01. The number of benzene rings is 1. The first-order valence-electron chi connectivity index (χ1n) is 6.41. The summed E-state index contributed by atoms with van der Waals surface area (Å²) in [4.78, 5) is 15.8. The summed E-state index contributed by atoms with van der Waals surface area (Å²) in [5.74, 6) is -1.16. The Morgan fingerprint density at radius 1 is 1.26 bits per heavy atom. The van der Waals surface area contributed by atoms with Gasteiger partial charge >= 0.3 is 16.2 Å². The molecule has 0 aliphatic carbocycles. The van der Waals surface area contributed by atoms with Crippen LogP contribution in [0.5, 0.6) is 0 Å². The maximum Gasteiger partial charge on any atom is 0.354 e. The van der Waals surface area contributed by atoms with Gasteiger partial charge in [-0.3, -0.25) is 0 Å². The molecule has 0 radical (unpaired) electrons. The molecule has 0 saturated heterocycles. The number of anilines is 1. The quantitative estimate of drug-likeness (QED) is 0.630. The Bertz CT molecular complexity index is 1050. The van der Waals surface area contributed by atoms with Gasteiger partial charge in [-0.05, 0) is 12.1 Å². The van der Waals surface area contributed by atoms with Crippen LogP contribution in [0.25, 0.3) is 22.2 Å². The summed E-state index contributed by atoms with van der Waals surface area (Å²) in [5.41, 5.74) is 7.14. The Kier molecular flexibility index (Phi) is 3.16. The SMILES string of the molecule is Cn1c(N)nc2c(-c3ccn(S(N)(=O)=O)c3C(=O)O)cccc21. The van der Waals surface area contributed by atoms with Crippen LogP contribution in [-0.2, 0) is 17.3 Å². The highest BCUT2D eigenvalue weighted by molar-refractivity contribution is 7.87. The molecule has 0 bridgehead atoms. The maximum atomic E-state index is 11.6. The monoisotopic (exact) mass is 335 g/mol. The van der Waals surface area contributed by atoms with Crippen LogP contribution in [0.2, 0.25) is 0 Å². The molecule has 23 heavy (non-hydrogen) atoms. The van der Waals surface area contributed by atoms with Crippen molar-refractivity contribution >= 4 is 33.2 Å². The number of imidazole rings is 1. The zero-order chi connectivity index (χ0) is 16.9. The number of para-hydroxylation sites is 1. The number of carboxylic acids is 1. The van der Waals surface area contributed by atoms with Gasteiger partial charge in [-0.25, -0.2) is 18.9 Å². The lowest BCUT2D eigenvalue weighted by molar-refractivity contribution is 0.0690. The zero-order valence-electron chi connectivity index (χ0n) is 12.0. The molecule has 5 N–H and O–H groups in total. The van der Waals surface area contributed by atoms with Crippen molar-refractivity contribution in [2.75, 3.05) is 5.73 Å². The highest BCUT2D eigenvalue weighted by Crippen LogP contribution is 2.32. The lowest BCUT2D eigenvalue weighted by Crippen LogP contribution is -2.24. The number of aromatic nitrogens is 3. The Hall–Kier alpha value is -2.85. The molecule has 2 heterocycles. The molecule has 0 atom stereocenters. The second-order valence-corrected chi connectivity index (χ2v) is 6.35. The highest BCUT2D eigenvalue weighted by Gasteiger charge is 2.24. The van der Waals surface area contributed by atoms with Crippen LogP contribution in [0.15, 0.2) is 30.5 Å². The molecule has 0 amide bonds. The van der Waals surface area contributed by atoms with Gasteiger partial charge in [-0.1, -0.05) is 12.1 Å². The van der Waals surface area contributed by atoms with Crippen molar-refractivity contribution in [3.8, 4) is 11.1 Å². The zero-order valence-corrected chi connectivity index (χ0v) is 12.8. The summed E-state index contributed by atoms with van der Waals surface area (Å²) in [6.07, 6.45) is 1.10. The first kappa shape index (κ1) is 15.1. The summed E-state index contributed by atoms with van der Waals surface area (Å²) in [6.45, 7) is 0. The molecular weight excluding hydrogens is 322 g/mol. The number of aryl methyl sites for hydroxylation is 1. The predicted molar refractivity (Wildman–Crippen MR) is 84.0 cm³/mol. The number of nitrogens with zero attached hydrogens (tertiary/aromatic N) is 3. The molecule has 1 aromatic carbocycles. The standard InChI is InChI=1S/C13H13N5O4S/c1-17-9-4-2-3-7(10(9)16-13(17)14)8-5-6-18(23(15,21)22)11(8)12(19)20/h2-6H,1H3,(H2,14,16)(H,19,20)(H2,15,21,22). The van der Waals surface area contributed by atoms with Gasteiger partial charge in [0.15, 0.2) is 5.69 Å². The Labute approximate surface area is 130 Å². The van der Waals surface area contributed by atoms with Gasteiger partial charge in [0.05, 0.1) is 11.0 Å². The topological polar surface area (TPSA) is 146 Å². The molecule has 10 heteroatoms. The molecule has 2 aromatic heterocycles. The van der Waals surface area contributed by atoms with Crippen LogP contribution >= 0.6 is 0 Å². The normalized spacial score (nSPS) is 11.9. The van der Waals surface area contributed by atoms with Crippen LogP contribution < -0.4 is 10.9 Å². The van der Waals surface area contributed by atoms with Crippen molar-refractivity contribution in [2.45, 2.75) is 0 Å². The number of rotatable bonds is 3. The molecule has 0 aliphatic heterocycles. The van der Waals surface area contributed by atoms with Gasteiger partial charge in [0.2, 0.25) is 5.95 Å². The summed E-state index contributed by atoms with van der Waals surface area (Å²) in [6, 6.07) is 6.50. The fourth-order valence-corrected chi connectivity index (χ4v) is 3.16. The van der Waals surface area contributed by atoms with E-state index in [9.17, 15) is 18.3 Å². The first-order valence-corrected chi connectivity index (χ1v) is 7.91. The average molecular weight is 335 g/mol. The number of nitrogen functional groups attached to an aromatic ring is 1. The van der Waals surface area contributed by atoms with Crippen molar-refractivity contribution < 1.29 is 18.3 Å². The van der Waals surface area contributed by atoms with E-state index >= 15 is 0 Å². The lowest BCUT2D eigenvalue weighted by atomic mass is 10.0. The second kappa shape index (κ2) is 4.83. The Morgan fingerprint density at radius 2 is 1.96 bits per heavy atom. The fraction of sp³-hybridized carbons (Fsp3) is 0.0769. The van der Waals surface area contributed by atoms with Crippen LogP contribution in [0.1, 0.15) is 10.5 Å².